The second-order valence-corrected chi connectivity index (χ2v) is 6.14. The number of hydrogen-bond acceptors (Lipinski definition) is 5. The topological polar surface area (TPSA) is 58.1 Å². The summed E-state index contributed by atoms with van der Waals surface area (Å²) in [4.78, 5) is 14.2. The average molecular weight is 288 g/mol. The van der Waals surface area contributed by atoms with Crippen molar-refractivity contribution in [1.29, 1.82) is 0 Å². The summed E-state index contributed by atoms with van der Waals surface area (Å²) in [6.07, 6.45) is 2.93. The normalized spacial score (nSPS) is 26.7. The van der Waals surface area contributed by atoms with E-state index in [0.717, 1.165) is 30.5 Å². The number of hydrogen-bond donors (Lipinski definition) is 1. The Labute approximate surface area is 121 Å². The molecular formula is C14H16N4OS. The zero-order valence-corrected chi connectivity index (χ0v) is 11.9. The third-order valence-electron chi connectivity index (χ3n) is 4.45. The fourth-order valence-electron chi connectivity index (χ4n) is 3.42. The number of fused-ring (bicyclic) bond motifs is 3. The first-order valence-corrected chi connectivity index (χ1v) is 7.77. The first-order valence-electron chi connectivity index (χ1n) is 7.04. The third kappa shape index (κ3) is 1.99. The van der Waals surface area contributed by atoms with E-state index in [2.05, 4.69) is 25.0 Å². The molecule has 2 bridgehead atoms. The molecule has 2 aliphatic heterocycles. The van der Waals surface area contributed by atoms with Gasteiger partial charge in [-0.2, -0.15) is 8.75 Å². The van der Waals surface area contributed by atoms with Crippen LogP contribution in [0.2, 0.25) is 0 Å². The SMILES string of the molecule is O=C1C[C@@H]2CC[C@H](CN1)N2Cc1cccc2nsnc12. The van der Waals surface area contributed by atoms with Crippen LogP contribution in [0.1, 0.15) is 24.8 Å². The molecule has 2 aromatic rings. The molecule has 2 atom stereocenters. The van der Waals surface area contributed by atoms with Crippen LogP contribution >= 0.6 is 11.7 Å². The fraction of sp³-hybridized carbons (Fsp3) is 0.500. The molecule has 1 aromatic carbocycles. The van der Waals surface area contributed by atoms with Gasteiger partial charge in [-0.15, -0.1) is 0 Å². The highest BCUT2D eigenvalue weighted by atomic mass is 32.1. The van der Waals surface area contributed by atoms with Gasteiger partial charge in [0.1, 0.15) is 11.0 Å². The van der Waals surface area contributed by atoms with E-state index < -0.39 is 0 Å². The van der Waals surface area contributed by atoms with Gasteiger partial charge in [-0.25, -0.2) is 0 Å². The van der Waals surface area contributed by atoms with Crippen molar-refractivity contribution >= 4 is 28.7 Å². The third-order valence-corrected chi connectivity index (χ3v) is 4.99. The van der Waals surface area contributed by atoms with E-state index in [1.807, 2.05) is 12.1 Å². The van der Waals surface area contributed by atoms with Crippen molar-refractivity contribution in [1.82, 2.24) is 19.0 Å². The molecule has 0 radical (unpaired) electrons. The van der Waals surface area contributed by atoms with Crippen LogP contribution in [-0.2, 0) is 11.3 Å². The molecule has 1 amide bonds. The van der Waals surface area contributed by atoms with Gasteiger partial charge in [0, 0.05) is 31.6 Å². The summed E-state index contributed by atoms with van der Waals surface area (Å²) in [6.45, 7) is 1.65. The summed E-state index contributed by atoms with van der Waals surface area (Å²) in [7, 11) is 0. The molecule has 104 valence electrons. The number of amides is 1. The lowest BCUT2D eigenvalue weighted by Crippen LogP contribution is -2.37. The molecule has 3 heterocycles. The summed E-state index contributed by atoms with van der Waals surface area (Å²) in [6, 6.07) is 7.02. The summed E-state index contributed by atoms with van der Waals surface area (Å²) < 4.78 is 8.72. The molecule has 0 spiro atoms. The van der Waals surface area contributed by atoms with E-state index >= 15 is 0 Å². The minimum Gasteiger partial charge on any atom is -0.354 e. The highest BCUT2D eigenvalue weighted by molar-refractivity contribution is 7.00. The van der Waals surface area contributed by atoms with Crippen LogP contribution in [-0.4, -0.2) is 38.2 Å². The van der Waals surface area contributed by atoms with Crippen molar-refractivity contribution in [3.63, 3.8) is 0 Å². The molecule has 2 saturated heterocycles. The zero-order chi connectivity index (χ0) is 13.5. The van der Waals surface area contributed by atoms with Crippen LogP contribution in [0.25, 0.3) is 11.0 Å². The Morgan fingerprint density at radius 3 is 3.15 bits per heavy atom. The van der Waals surface area contributed by atoms with Crippen molar-refractivity contribution in [3.8, 4) is 0 Å². The number of rotatable bonds is 2. The highest BCUT2D eigenvalue weighted by Gasteiger charge is 2.37. The smallest absolute Gasteiger partial charge is 0.221 e. The van der Waals surface area contributed by atoms with E-state index in [1.165, 1.54) is 23.7 Å². The largest absolute Gasteiger partial charge is 0.354 e. The highest BCUT2D eigenvalue weighted by Crippen LogP contribution is 2.31. The summed E-state index contributed by atoms with van der Waals surface area (Å²) >= 11 is 1.27. The Kier molecular flexibility index (Phi) is 2.93. The molecule has 1 aromatic heterocycles. The molecule has 1 N–H and O–H groups in total. The van der Waals surface area contributed by atoms with Gasteiger partial charge in [0.05, 0.1) is 11.7 Å². The molecular weight excluding hydrogens is 272 g/mol. The molecule has 4 rings (SSSR count). The van der Waals surface area contributed by atoms with Crippen LogP contribution in [0.15, 0.2) is 18.2 Å². The van der Waals surface area contributed by atoms with Gasteiger partial charge in [-0.3, -0.25) is 9.69 Å². The predicted molar refractivity (Wildman–Crippen MR) is 77.4 cm³/mol. The molecule has 0 unspecified atom stereocenters. The van der Waals surface area contributed by atoms with Crippen molar-refractivity contribution in [2.75, 3.05) is 6.54 Å². The van der Waals surface area contributed by atoms with E-state index in [0.29, 0.717) is 18.5 Å². The van der Waals surface area contributed by atoms with Crippen molar-refractivity contribution in [3.05, 3.63) is 23.8 Å². The van der Waals surface area contributed by atoms with Crippen LogP contribution in [0.4, 0.5) is 0 Å². The van der Waals surface area contributed by atoms with E-state index in [-0.39, 0.29) is 5.91 Å². The van der Waals surface area contributed by atoms with Gasteiger partial charge in [0.25, 0.3) is 0 Å². The number of carbonyl (C=O) groups is 1. The lowest BCUT2D eigenvalue weighted by Gasteiger charge is -2.27. The Bertz CT molecular complexity index is 655. The number of aromatic nitrogens is 2. The standard InChI is InChI=1S/C14H16N4OS/c19-13-6-10-4-5-11(7-15-13)18(10)8-9-2-1-3-12-14(9)17-20-16-12/h1-3,10-11H,4-8H2,(H,15,19)/t10-,11+/m0/s1. The van der Waals surface area contributed by atoms with E-state index in [9.17, 15) is 4.79 Å². The lowest BCUT2D eigenvalue weighted by molar-refractivity contribution is -0.121. The Morgan fingerprint density at radius 2 is 2.20 bits per heavy atom. The van der Waals surface area contributed by atoms with E-state index in [1.54, 1.807) is 0 Å². The Balaban J connectivity index is 1.65. The van der Waals surface area contributed by atoms with Gasteiger partial charge in [0.2, 0.25) is 5.91 Å². The van der Waals surface area contributed by atoms with Gasteiger partial charge in [0.15, 0.2) is 0 Å². The summed E-state index contributed by atoms with van der Waals surface area (Å²) in [5.74, 6) is 0.190. The molecule has 6 heteroatoms. The quantitative estimate of drug-likeness (QED) is 0.911. The van der Waals surface area contributed by atoms with Gasteiger partial charge in [-0.05, 0) is 24.5 Å². The number of benzene rings is 1. The number of nitrogens with one attached hydrogen (secondary N) is 1. The summed E-state index contributed by atoms with van der Waals surface area (Å²) in [5, 5.41) is 3.02. The minimum absolute atomic E-state index is 0.190. The molecule has 2 fully saturated rings. The first kappa shape index (κ1) is 12.2. The zero-order valence-electron chi connectivity index (χ0n) is 11.1. The summed E-state index contributed by atoms with van der Waals surface area (Å²) in [5.41, 5.74) is 3.21. The van der Waals surface area contributed by atoms with Gasteiger partial charge < -0.3 is 5.32 Å². The minimum atomic E-state index is 0.190. The van der Waals surface area contributed by atoms with Crippen LogP contribution in [0, 0.1) is 0 Å². The maximum absolute atomic E-state index is 11.7. The van der Waals surface area contributed by atoms with E-state index in [4.69, 9.17) is 0 Å². The van der Waals surface area contributed by atoms with Gasteiger partial charge in [-0.1, -0.05) is 12.1 Å². The second kappa shape index (κ2) is 4.79. The van der Waals surface area contributed by atoms with Gasteiger partial charge >= 0.3 is 0 Å². The second-order valence-electron chi connectivity index (χ2n) is 5.61. The lowest BCUT2D eigenvalue weighted by atomic mass is 10.1. The van der Waals surface area contributed by atoms with Crippen LogP contribution < -0.4 is 5.32 Å². The van der Waals surface area contributed by atoms with Crippen molar-refractivity contribution in [2.24, 2.45) is 0 Å². The number of carbonyl (C=O) groups excluding carboxylic acids is 1. The maximum Gasteiger partial charge on any atom is 0.221 e. The molecule has 20 heavy (non-hydrogen) atoms. The monoisotopic (exact) mass is 288 g/mol. The average Bonchev–Trinajstić information content (AvgIpc) is 3.00. The van der Waals surface area contributed by atoms with Crippen LogP contribution in [0.5, 0.6) is 0 Å². The Hall–Kier alpha value is -1.53. The van der Waals surface area contributed by atoms with Crippen molar-refractivity contribution in [2.45, 2.75) is 37.9 Å². The maximum atomic E-state index is 11.7. The molecule has 0 saturated carbocycles. The molecule has 5 nitrogen and oxygen atoms in total. The predicted octanol–water partition coefficient (Wildman–Crippen LogP) is 1.54. The molecule has 2 aliphatic rings. The fourth-order valence-corrected chi connectivity index (χ4v) is 3.98. The van der Waals surface area contributed by atoms with Crippen LogP contribution in [0.3, 0.4) is 0 Å². The first-order chi connectivity index (χ1) is 9.81. The number of nitrogens with zero attached hydrogens (tertiary/aromatic N) is 3. The molecule has 0 aliphatic carbocycles. The Morgan fingerprint density at radius 1 is 1.30 bits per heavy atom. The van der Waals surface area contributed by atoms with Crippen molar-refractivity contribution < 1.29 is 4.79 Å².